The molecule has 0 aliphatic rings. The summed E-state index contributed by atoms with van der Waals surface area (Å²) in [6, 6.07) is 9.28. The van der Waals surface area contributed by atoms with Gasteiger partial charge in [-0.3, -0.25) is 9.59 Å². The topological polar surface area (TPSA) is 98.2 Å². The lowest BCUT2D eigenvalue weighted by atomic mass is 10.2. The number of benzene rings is 1. The zero-order valence-electron chi connectivity index (χ0n) is 10.00. The Morgan fingerprint density at radius 1 is 1.16 bits per heavy atom. The molecule has 1 unspecified atom stereocenters. The highest BCUT2D eigenvalue weighted by atomic mass is 32.1. The van der Waals surface area contributed by atoms with E-state index in [1.807, 2.05) is 17.5 Å². The van der Waals surface area contributed by atoms with Gasteiger partial charge in [0.25, 0.3) is 0 Å². The van der Waals surface area contributed by atoms with Crippen LogP contribution in [-0.4, -0.2) is 11.8 Å². The van der Waals surface area contributed by atoms with Crippen LogP contribution in [-0.2, 0) is 4.79 Å². The van der Waals surface area contributed by atoms with Gasteiger partial charge in [-0.2, -0.15) is 0 Å². The van der Waals surface area contributed by atoms with Crippen LogP contribution >= 0.6 is 11.3 Å². The fourth-order valence-corrected chi connectivity index (χ4v) is 2.26. The number of hydrogen-bond acceptors (Lipinski definition) is 4. The number of rotatable bonds is 4. The Morgan fingerprint density at radius 2 is 1.84 bits per heavy atom. The minimum absolute atomic E-state index is 0.297. The van der Waals surface area contributed by atoms with Crippen LogP contribution in [0.25, 0.3) is 0 Å². The Morgan fingerprint density at radius 3 is 2.37 bits per heavy atom. The monoisotopic (exact) mass is 275 g/mol. The number of carbonyl (C=O) groups is 2. The van der Waals surface area contributed by atoms with Crippen molar-refractivity contribution in [2.75, 3.05) is 5.32 Å². The van der Waals surface area contributed by atoms with Gasteiger partial charge in [0, 0.05) is 16.1 Å². The molecule has 1 aromatic heterocycles. The van der Waals surface area contributed by atoms with Crippen molar-refractivity contribution in [3.8, 4) is 0 Å². The van der Waals surface area contributed by atoms with E-state index in [-0.39, 0.29) is 5.91 Å². The molecule has 2 aromatic rings. The Bertz CT molecular complexity index is 578. The molecule has 0 aliphatic carbocycles. The molecule has 2 rings (SSSR count). The molecule has 0 spiro atoms. The van der Waals surface area contributed by atoms with Gasteiger partial charge in [-0.25, -0.2) is 0 Å². The van der Waals surface area contributed by atoms with Gasteiger partial charge in [0.05, 0.1) is 0 Å². The van der Waals surface area contributed by atoms with Crippen LogP contribution in [0.15, 0.2) is 41.8 Å². The van der Waals surface area contributed by atoms with Crippen molar-refractivity contribution in [2.45, 2.75) is 6.04 Å². The van der Waals surface area contributed by atoms with E-state index in [9.17, 15) is 9.59 Å². The standard InChI is InChI=1S/C13H13N3O2S/c14-11(10-2-1-7-19-10)13(18)16-9-5-3-8(4-6-9)12(15)17/h1-7,11H,14H2,(H2,15,17)(H,16,18). The maximum Gasteiger partial charge on any atom is 0.248 e. The van der Waals surface area contributed by atoms with Gasteiger partial charge >= 0.3 is 0 Å². The van der Waals surface area contributed by atoms with Gasteiger partial charge < -0.3 is 16.8 Å². The maximum atomic E-state index is 11.9. The first-order chi connectivity index (χ1) is 9.08. The first-order valence-electron chi connectivity index (χ1n) is 5.57. The minimum Gasteiger partial charge on any atom is -0.366 e. The van der Waals surface area contributed by atoms with E-state index in [2.05, 4.69) is 5.32 Å². The molecular weight excluding hydrogens is 262 g/mol. The Hall–Kier alpha value is -2.18. The molecule has 0 aliphatic heterocycles. The van der Waals surface area contributed by atoms with Crippen LogP contribution in [0.3, 0.4) is 0 Å². The third kappa shape index (κ3) is 3.18. The number of amides is 2. The second kappa shape index (κ2) is 5.64. The van der Waals surface area contributed by atoms with Crippen LogP contribution in [0.4, 0.5) is 5.69 Å². The van der Waals surface area contributed by atoms with E-state index >= 15 is 0 Å². The largest absolute Gasteiger partial charge is 0.366 e. The number of anilines is 1. The molecule has 19 heavy (non-hydrogen) atoms. The zero-order chi connectivity index (χ0) is 13.8. The number of nitrogens with two attached hydrogens (primary N) is 2. The highest BCUT2D eigenvalue weighted by Gasteiger charge is 2.16. The van der Waals surface area contributed by atoms with Gasteiger partial charge in [0.2, 0.25) is 11.8 Å². The number of primary amides is 1. The summed E-state index contributed by atoms with van der Waals surface area (Å²) in [6.45, 7) is 0. The average Bonchev–Trinajstić information content (AvgIpc) is 2.92. The molecular formula is C13H13N3O2S. The first kappa shape index (κ1) is 13.3. The summed E-state index contributed by atoms with van der Waals surface area (Å²) >= 11 is 1.43. The first-order valence-corrected chi connectivity index (χ1v) is 6.45. The van der Waals surface area contributed by atoms with Gasteiger partial charge in [0.15, 0.2) is 0 Å². The van der Waals surface area contributed by atoms with E-state index < -0.39 is 11.9 Å². The SMILES string of the molecule is NC(=O)c1ccc(NC(=O)C(N)c2cccs2)cc1. The Labute approximate surface area is 114 Å². The molecule has 0 fully saturated rings. The molecule has 1 heterocycles. The second-order valence-corrected chi connectivity index (χ2v) is 4.90. The second-order valence-electron chi connectivity index (χ2n) is 3.92. The summed E-state index contributed by atoms with van der Waals surface area (Å²) in [5.41, 5.74) is 11.9. The lowest BCUT2D eigenvalue weighted by Gasteiger charge is -2.10. The van der Waals surface area contributed by atoms with Crippen molar-refractivity contribution in [3.05, 3.63) is 52.2 Å². The fourth-order valence-electron chi connectivity index (χ4n) is 1.54. The predicted octanol–water partition coefficient (Wildman–Crippen LogP) is 1.49. The summed E-state index contributed by atoms with van der Waals surface area (Å²) in [5.74, 6) is -0.803. The van der Waals surface area contributed by atoms with Crippen molar-refractivity contribution >= 4 is 28.8 Å². The van der Waals surface area contributed by atoms with E-state index in [4.69, 9.17) is 11.5 Å². The highest BCUT2D eigenvalue weighted by molar-refractivity contribution is 7.10. The van der Waals surface area contributed by atoms with E-state index in [0.717, 1.165) is 4.88 Å². The molecule has 2 amide bonds. The maximum absolute atomic E-state index is 11.9. The quantitative estimate of drug-likeness (QED) is 0.788. The van der Waals surface area contributed by atoms with Crippen LogP contribution < -0.4 is 16.8 Å². The minimum atomic E-state index is -0.698. The number of hydrogen-bond donors (Lipinski definition) is 3. The number of thiophene rings is 1. The predicted molar refractivity (Wildman–Crippen MR) is 74.8 cm³/mol. The van der Waals surface area contributed by atoms with Crippen LogP contribution in [0, 0.1) is 0 Å². The summed E-state index contributed by atoms with van der Waals surface area (Å²) < 4.78 is 0. The van der Waals surface area contributed by atoms with Crippen LogP contribution in [0.5, 0.6) is 0 Å². The molecule has 5 nitrogen and oxygen atoms in total. The highest BCUT2D eigenvalue weighted by Crippen LogP contribution is 2.18. The third-order valence-electron chi connectivity index (χ3n) is 2.57. The summed E-state index contributed by atoms with van der Waals surface area (Å²) in [4.78, 5) is 23.6. The summed E-state index contributed by atoms with van der Waals surface area (Å²) in [5, 5.41) is 4.55. The third-order valence-corrected chi connectivity index (χ3v) is 3.52. The van der Waals surface area contributed by atoms with E-state index in [1.54, 1.807) is 24.3 Å². The van der Waals surface area contributed by atoms with Crippen LogP contribution in [0.1, 0.15) is 21.3 Å². The molecule has 6 heteroatoms. The molecule has 1 aromatic carbocycles. The van der Waals surface area contributed by atoms with Crippen LogP contribution in [0.2, 0.25) is 0 Å². The Kier molecular flexibility index (Phi) is 3.94. The van der Waals surface area contributed by atoms with Gasteiger partial charge in [-0.05, 0) is 35.7 Å². The smallest absolute Gasteiger partial charge is 0.248 e. The van der Waals surface area contributed by atoms with Gasteiger partial charge in [-0.1, -0.05) is 6.07 Å². The number of nitrogens with one attached hydrogen (secondary N) is 1. The molecule has 5 N–H and O–H groups in total. The fraction of sp³-hybridized carbons (Fsp3) is 0.0769. The summed E-state index contributed by atoms with van der Waals surface area (Å²) in [6.07, 6.45) is 0. The van der Waals surface area contributed by atoms with Crippen molar-refractivity contribution in [2.24, 2.45) is 11.5 Å². The average molecular weight is 275 g/mol. The lowest BCUT2D eigenvalue weighted by Crippen LogP contribution is -2.27. The van der Waals surface area contributed by atoms with Gasteiger partial charge in [0.1, 0.15) is 6.04 Å². The normalized spacial score (nSPS) is 11.8. The molecule has 0 radical (unpaired) electrons. The zero-order valence-corrected chi connectivity index (χ0v) is 10.8. The van der Waals surface area contributed by atoms with Crippen molar-refractivity contribution in [1.82, 2.24) is 0 Å². The molecule has 1 atom stereocenters. The van der Waals surface area contributed by atoms with E-state index in [1.165, 1.54) is 11.3 Å². The molecule has 0 saturated carbocycles. The van der Waals surface area contributed by atoms with Gasteiger partial charge in [-0.15, -0.1) is 11.3 Å². The van der Waals surface area contributed by atoms with Crippen molar-refractivity contribution < 1.29 is 9.59 Å². The summed E-state index contributed by atoms with van der Waals surface area (Å²) in [7, 11) is 0. The van der Waals surface area contributed by atoms with Crippen molar-refractivity contribution in [1.29, 1.82) is 0 Å². The van der Waals surface area contributed by atoms with Crippen molar-refractivity contribution in [3.63, 3.8) is 0 Å². The number of carbonyl (C=O) groups excluding carboxylic acids is 2. The van der Waals surface area contributed by atoms with E-state index in [0.29, 0.717) is 11.3 Å². The lowest BCUT2D eigenvalue weighted by molar-refractivity contribution is -0.117. The Balaban J connectivity index is 2.04. The molecule has 0 saturated heterocycles. The molecule has 0 bridgehead atoms. The molecule has 98 valence electrons.